The van der Waals surface area contributed by atoms with Gasteiger partial charge in [0, 0.05) is 18.1 Å². The van der Waals surface area contributed by atoms with E-state index in [1.54, 1.807) is 25.1 Å². The molecule has 3 rings (SSSR count). The Morgan fingerprint density at radius 2 is 1.66 bits per heavy atom. The van der Waals surface area contributed by atoms with Crippen LogP contribution in [0.25, 0.3) is 0 Å². The first-order valence-electron chi connectivity index (χ1n) is 12.6. The Balaban J connectivity index is 1.98. The summed E-state index contributed by atoms with van der Waals surface area (Å²) in [5.41, 5.74) is 2.03. The minimum absolute atomic E-state index is 0.0103. The summed E-state index contributed by atoms with van der Waals surface area (Å²) < 4.78 is 28.7. The van der Waals surface area contributed by atoms with Gasteiger partial charge in [0.25, 0.3) is 10.0 Å². The van der Waals surface area contributed by atoms with Gasteiger partial charge >= 0.3 is 0 Å². The van der Waals surface area contributed by atoms with Crippen molar-refractivity contribution in [2.45, 2.75) is 51.1 Å². The Morgan fingerprint density at radius 3 is 2.29 bits per heavy atom. The molecule has 202 valence electrons. The van der Waals surface area contributed by atoms with Crippen LogP contribution >= 0.6 is 11.6 Å². The van der Waals surface area contributed by atoms with Gasteiger partial charge in [-0.2, -0.15) is 0 Å². The van der Waals surface area contributed by atoms with Gasteiger partial charge in [-0.15, -0.1) is 0 Å². The Bertz CT molecular complexity index is 1330. The van der Waals surface area contributed by atoms with Crippen molar-refractivity contribution < 1.29 is 18.0 Å². The summed E-state index contributed by atoms with van der Waals surface area (Å²) in [5, 5.41) is 3.28. The normalized spacial score (nSPS) is 12.0. The zero-order valence-corrected chi connectivity index (χ0v) is 23.5. The van der Waals surface area contributed by atoms with E-state index in [2.05, 4.69) is 5.32 Å². The highest BCUT2D eigenvalue weighted by Crippen LogP contribution is 2.26. The van der Waals surface area contributed by atoms with Gasteiger partial charge in [0.05, 0.1) is 10.6 Å². The van der Waals surface area contributed by atoms with Crippen LogP contribution in [0.5, 0.6) is 0 Å². The molecular weight excluding hydrogens is 522 g/mol. The summed E-state index contributed by atoms with van der Waals surface area (Å²) in [7, 11) is -4.13. The number of carbonyl (C=O) groups is 2. The van der Waals surface area contributed by atoms with Crippen molar-refractivity contribution in [1.29, 1.82) is 0 Å². The van der Waals surface area contributed by atoms with E-state index in [9.17, 15) is 18.0 Å². The fourth-order valence-electron chi connectivity index (χ4n) is 3.94. The minimum Gasteiger partial charge on any atom is -0.354 e. The maximum Gasteiger partial charge on any atom is 0.264 e. The molecule has 0 aliphatic carbocycles. The van der Waals surface area contributed by atoms with Gasteiger partial charge in [0.15, 0.2) is 0 Å². The lowest BCUT2D eigenvalue weighted by atomic mass is 10.1. The second-order valence-electron chi connectivity index (χ2n) is 9.13. The van der Waals surface area contributed by atoms with E-state index in [0.29, 0.717) is 17.3 Å². The first kappa shape index (κ1) is 29.2. The van der Waals surface area contributed by atoms with Crippen molar-refractivity contribution in [3.8, 4) is 0 Å². The molecule has 0 aliphatic heterocycles. The topological polar surface area (TPSA) is 86.8 Å². The standard InChI is InChI=1S/C29H34ClN3O4S/c1-4-5-18-31-29(35)23(3)32(20-24-11-7-6-8-12-24)28(34)21-33(26-13-9-10-22(2)19-26)38(36,37)27-16-14-25(30)15-17-27/h6-17,19,23H,4-5,18,20-21H2,1-3H3,(H,31,35). The highest BCUT2D eigenvalue weighted by molar-refractivity contribution is 7.92. The first-order valence-corrected chi connectivity index (χ1v) is 14.4. The van der Waals surface area contributed by atoms with Gasteiger partial charge in [-0.3, -0.25) is 13.9 Å². The maximum atomic E-state index is 13.8. The average molecular weight is 556 g/mol. The van der Waals surface area contributed by atoms with Gasteiger partial charge in [0.1, 0.15) is 12.6 Å². The Morgan fingerprint density at radius 1 is 0.974 bits per heavy atom. The van der Waals surface area contributed by atoms with Crippen LogP contribution < -0.4 is 9.62 Å². The quantitative estimate of drug-likeness (QED) is 0.312. The number of rotatable bonds is 12. The molecule has 1 unspecified atom stereocenters. The number of halogens is 1. The summed E-state index contributed by atoms with van der Waals surface area (Å²) in [6.07, 6.45) is 1.75. The lowest BCUT2D eigenvalue weighted by Crippen LogP contribution is -2.51. The molecule has 3 aromatic rings. The van der Waals surface area contributed by atoms with E-state index in [1.807, 2.05) is 50.2 Å². The molecule has 0 aromatic heterocycles. The molecule has 7 nitrogen and oxygen atoms in total. The molecule has 3 aromatic carbocycles. The van der Waals surface area contributed by atoms with Gasteiger partial charge in [-0.1, -0.05) is 67.4 Å². The average Bonchev–Trinajstić information content (AvgIpc) is 2.90. The molecule has 0 aliphatic rings. The maximum absolute atomic E-state index is 13.8. The van der Waals surface area contributed by atoms with Crippen LogP contribution in [0.15, 0.2) is 83.8 Å². The third-order valence-corrected chi connectivity index (χ3v) is 8.20. The molecule has 0 heterocycles. The van der Waals surface area contributed by atoms with Gasteiger partial charge in [0.2, 0.25) is 11.8 Å². The zero-order valence-electron chi connectivity index (χ0n) is 21.9. The van der Waals surface area contributed by atoms with E-state index < -0.39 is 28.5 Å². The third kappa shape index (κ3) is 7.58. The number of benzene rings is 3. The first-order chi connectivity index (χ1) is 18.1. The smallest absolute Gasteiger partial charge is 0.264 e. The lowest BCUT2D eigenvalue weighted by Gasteiger charge is -2.32. The number of aryl methyl sites for hydroxylation is 1. The van der Waals surface area contributed by atoms with Crippen molar-refractivity contribution in [3.63, 3.8) is 0 Å². The fraction of sp³-hybridized carbons (Fsp3) is 0.310. The number of hydrogen-bond donors (Lipinski definition) is 1. The summed E-state index contributed by atoms with van der Waals surface area (Å²) in [5.74, 6) is -0.781. The Hall–Kier alpha value is -3.36. The van der Waals surface area contributed by atoms with Crippen LogP contribution in [-0.2, 0) is 26.2 Å². The molecule has 0 radical (unpaired) electrons. The highest BCUT2D eigenvalue weighted by atomic mass is 35.5. The van der Waals surface area contributed by atoms with Gasteiger partial charge < -0.3 is 10.2 Å². The Kier molecular flexibility index (Phi) is 10.3. The predicted molar refractivity (Wildman–Crippen MR) is 152 cm³/mol. The molecule has 0 fully saturated rings. The molecule has 9 heteroatoms. The van der Waals surface area contributed by atoms with Crippen LogP contribution in [0.3, 0.4) is 0 Å². The van der Waals surface area contributed by atoms with Crippen molar-refractivity contribution in [2.24, 2.45) is 0 Å². The second kappa shape index (κ2) is 13.4. The minimum atomic E-state index is -4.13. The van der Waals surface area contributed by atoms with Crippen LogP contribution in [0.4, 0.5) is 5.69 Å². The SMILES string of the molecule is CCCCNC(=O)C(C)N(Cc1ccccc1)C(=O)CN(c1cccc(C)c1)S(=O)(=O)c1ccc(Cl)cc1. The zero-order chi connectivity index (χ0) is 27.7. The predicted octanol–water partition coefficient (Wildman–Crippen LogP) is 5.18. The number of anilines is 1. The highest BCUT2D eigenvalue weighted by Gasteiger charge is 2.32. The molecule has 38 heavy (non-hydrogen) atoms. The summed E-state index contributed by atoms with van der Waals surface area (Å²) in [6, 6.07) is 21.3. The summed E-state index contributed by atoms with van der Waals surface area (Å²) in [4.78, 5) is 28.2. The van der Waals surface area contributed by atoms with Crippen LogP contribution in [0.1, 0.15) is 37.8 Å². The van der Waals surface area contributed by atoms with Crippen molar-refractivity contribution in [2.75, 3.05) is 17.4 Å². The van der Waals surface area contributed by atoms with E-state index in [-0.39, 0.29) is 17.3 Å². The molecule has 0 saturated heterocycles. The second-order valence-corrected chi connectivity index (χ2v) is 11.4. The van der Waals surface area contributed by atoms with Crippen LogP contribution in [0, 0.1) is 6.92 Å². The van der Waals surface area contributed by atoms with Crippen LogP contribution in [-0.4, -0.2) is 44.3 Å². The monoisotopic (exact) mass is 555 g/mol. The van der Waals surface area contributed by atoms with Gasteiger partial charge in [-0.25, -0.2) is 8.42 Å². The fourth-order valence-corrected chi connectivity index (χ4v) is 5.48. The number of sulfonamides is 1. The number of amides is 2. The number of nitrogens with zero attached hydrogens (tertiary/aromatic N) is 2. The van der Waals surface area contributed by atoms with Crippen molar-refractivity contribution in [3.05, 3.63) is 95.0 Å². The van der Waals surface area contributed by atoms with Crippen molar-refractivity contribution in [1.82, 2.24) is 10.2 Å². The number of nitrogens with one attached hydrogen (secondary N) is 1. The van der Waals surface area contributed by atoms with Crippen LogP contribution in [0.2, 0.25) is 5.02 Å². The van der Waals surface area contributed by atoms with Crippen molar-refractivity contribution >= 4 is 39.1 Å². The molecule has 0 bridgehead atoms. The molecular formula is C29H34ClN3O4S. The molecule has 0 saturated carbocycles. The van der Waals surface area contributed by atoms with E-state index in [1.165, 1.54) is 29.2 Å². The lowest BCUT2D eigenvalue weighted by molar-refractivity contribution is -0.139. The third-order valence-electron chi connectivity index (χ3n) is 6.16. The molecule has 1 N–H and O–H groups in total. The number of hydrogen-bond acceptors (Lipinski definition) is 4. The number of unbranched alkanes of at least 4 members (excludes halogenated alkanes) is 1. The summed E-state index contributed by atoms with van der Waals surface area (Å²) >= 11 is 5.98. The van der Waals surface area contributed by atoms with E-state index in [0.717, 1.165) is 28.3 Å². The largest absolute Gasteiger partial charge is 0.354 e. The van der Waals surface area contributed by atoms with E-state index in [4.69, 9.17) is 11.6 Å². The molecule has 1 atom stereocenters. The summed E-state index contributed by atoms with van der Waals surface area (Å²) in [6.45, 7) is 5.73. The van der Waals surface area contributed by atoms with Gasteiger partial charge in [-0.05, 0) is 67.8 Å². The van der Waals surface area contributed by atoms with E-state index >= 15 is 0 Å². The number of carbonyl (C=O) groups excluding carboxylic acids is 2. The molecule has 0 spiro atoms. The molecule has 2 amide bonds. The Labute approximate surface area is 230 Å².